The van der Waals surface area contributed by atoms with Crippen molar-refractivity contribution in [2.75, 3.05) is 69.2 Å². The van der Waals surface area contributed by atoms with Crippen molar-refractivity contribution in [3.63, 3.8) is 0 Å². The first kappa shape index (κ1) is 41.5. The lowest BCUT2D eigenvalue weighted by Gasteiger charge is -2.40. The number of aryl methyl sites for hydroxylation is 1. The minimum absolute atomic E-state index is 0.0908. The van der Waals surface area contributed by atoms with Crippen LogP contribution in [-0.4, -0.2) is 141 Å². The number of sulfone groups is 1. The Morgan fingerprint density at radius 2 is 1.67 bits per heavy atom. The van der Waals surface area contributed by atoms with Gasteiger partial charge in [0.2, 0.25) is 0 Å². The molecule has 1 aromatic carbocycles. The number of fused-ring (bicyclic) bond motifs is 1. The molecule has 57 heavy (non-hydrogen) atoms. The van der Waals surface area contributed by atoms with Crippen LogP contribution in [0.15, 0.2) is 35.7 Å². The zero-order chi connectivity index (χ0) is 41.3. The Morgan fingerprint density at radius 3 is 2.28 bits per heavy atom. The number of aromatic amines is 1. The quantitative estimate of drug-likeness (QED) is 0.209. The van der Waals surface area contributed by atoms with Crippen molar-refractivity contribution in [3.05, 3.63) is 47.8 Å². The van der Waals surface area contributed by atoms with E-state index in [1.165, 1.54) is 12.5 Å². The Balaban J connectivity index is 1.02. The highest BCUT2D eigenvalue weighted by Crippen LogP contribution is 2.37. The Kier molecular flexibility index (Phi) is 12.0. The number of aromatic nitrogens is 6. The molecule has 2 amide bonds. The number of benzene rings is 1. The van der Waals surface area contributed by atoms with Crippen LogP contribution in [0, 0.1) is 13.8 Å². The summed E-state index contributed by atoms with van der Waals surface area (Å²) in [5, 5.41) is 11.0. The molecule has 2 N–H and O–H groups in total. The molecule has 2 fully saturated rings. The molecular formula is C39H55N11O6S. The Labute approximate surface area is 334 Å². The SMILES string of the molecule is Cc1[nH]nc(Nc2ncnc3cc(OCCCN4CCN(c5cnc(C(=O)N6CCN(C(=O)OC(C)(C)C)C(C)C6)cn5)CC4)c(S(=O)(=O)C(C)(C)C)cc23)c1C. The second-order valence-electron chi connectivity index (χ2n) is 16.7. The van der Waals surface area contributed by atoms with Gasteiger partial charge in [-0.25, -0.2) is 33.1 Å². The average molecular weight is 806 g/mol. The van der Waals surface area contributed by atoms with Crippen molar-refractivity contribution in [2.24, 2.45) is 0 Å². The Bertz CT molecular complexity index is 2190. The molecule has 18 heteroatoms. The predicted octanol–water partition coefficient (Wildman–Crippen LogP) is 4.75. The Hall–Kier alpha value is -5.10. The van der Waals surface area contributed by atoms with Gasteiger partial charge in [0.05, 0.1) is 29.3 Å². The number of piperazine rings is 2. The summed E-state index contributed by atoms with van der Waals surface area (Å²) in [6.45, 7) is 21.6. The van der Waals surface area contributed by atoms with E-state index >= 15 is 0 Å². The normalized spacial score (nSPS) is 17.2. The van der Waals surface area contributed by atoms with Crippen LogP contribution in [0.5, 0.6) is 5.75 Å². The molecule has 6 rings (SSSR count). The van der Waals surface area contributed by atoms with Gasteiger partial charge in [-0.05, 0) is 74.8 Å². The van der Waals surface area contributed by atoms with E-state index in [9.17, 15) is 18.0 Å². The van der Waals surface area contributed by atoms with Crippen molar-refractivity contribution in [1.82, 2.24) is 44.8 Å². The molecule has 0 radical (unpaired) electrons. The molecule has 5 heterocycles. The molecule has 2 aliphatic heterocycles. The van der Waals surface area contributed by atoms with E-state index in [0.29, 0.717) is 61.0 Å². The molecule has 0 saturated carbocycles. The first-order chi connectivity index (χ1) is 26.8. The first-order valence-electron chi connectivity index (χ1n) is 19.4. The van der Waals surface area contributed by atoms with Crippen LogP contribution in [0.3, 0.4) is 0 Å². The van der Waals surface area contributed by atoms with Gasteiger partial charge >= 0.3 is 6.09 Å². The Morgan fingerprint density at radius 1 is 0.930 bits per heavy atom. The maximum Gasteiger partial charge on any atom is 0.410 e. The van der Waals surface area contributed by atoms with Crippen molar-refractivity contribution in [1.29, 1.82) is 0 Å². The van der Waals surface area contributed by atoms with Crippen molar-refractivity contribution in [3.8, 4) is 5.75 Å². The number of carbonyl (C=O) groups excluding carboxylic acids is 2. The largest absolute Gasteiger partial charge is 0.492 e. The van der Waals surface area contributed by atoms with E-state index < -0.39 is 20.2 Å². The average Bonchev–Trinajstić information content (AvgIpc) is 3.47. The molecule has 0 aliphatic carbocycles. The zero-order valence-electron chi connectivity index (χ0n) is 34.4. The second kappa shape index (κ2) is 16.4. The van der Waals surface area contributed by atoms with Gasteiger partial charge in [0, 0.05) is 81.1 Å². The van der Waals surface area contributed by atoms with Crippen molar-refractivity contribution < 1.29 is 27.5 Å². The molecule has 308 valence electrons. The zero-order valence-corrected chi connectivity index (χ0v) is 35.2. The number of rotatable bonds is 10. The lowest BCUT2D eigenvalue weighted by Crippen LogP contribution is -2.56. The molecule has 17 nitrogen and oxygen atoms in total. The van der Waals surface area contributed by atoms with Gasteiger partial charge in [0.1, 0.15) is 39.9 Å². The predicted molar refractivity (Wildman–Crippen MR) is 217 cm³/mol. The summed E-state index contributed by atoms with van der Waals surface area (Å²) in [5.74, 6) is 1.80. The number of anilines is 3. The van der Waals surface area contributed by atoms with Crippen LogP contribution < -0.4 is 15.0 Å². The minimum Gasteiger partial charge on any atom is -0.492 e. The molecule has 1 unspecified atom stereocenters. The molecule has 0 bridgehead atoms. The third-order valence-electron chi connectivity index (χ3n) is 10.3. The lowest BCUT2D eigenvalue weighted by molar-refractivity contribution is 0.00189. The highest BCUT2D eigenvalue weighted by atomic mass is 32.2. The van der Waals surface area contributed by atoms with E-state index in [2.05, 4.69) is 45.2 Å². The number of nitrogens with zero attached hydrogens (tertiary/aromatic N) is 9. The van der Waals surface area contributed by atoms with E-state index in [0.717, 1.165) is 44.0 Å². The van der Waals surface area contributed by atoms with Gasteiger partial charge in [0.15, 0.2) is 15.7 Å². The molecular weight excluding hydrogens is 751 g/mol. The van der Waals surface area contributed by atoms with E-state index in [1.54, 1.807) is 48.9 Å². The van der Waals surface area contributed by atoms with Crippen LogP contribution in [-0.2, 0) is 14.6 Å². The minimum atomic E-state index is -3.80. The number of ether oxygens (including phenoxy) is 2. The number of H-pyrrole nitrogens is 1. The number of hydrogen-bond acceptors (Lipinski definition) is 14. The summed E-state index contributed by atoms with van der Waals surface area (Å²) in [7, 11) is -3.80. The summed E-state index contributed by atoms with van der Waals surface area (Å²) < 4.78 is 38.4. The third kappa shape index (κ3) is 9.38. The summed E-state index contributed by atoms with van der Waals surface area (Å²) >= 11 is 0. The summed E-state index contributed by atoms with van der Waals surface area (Å²) in [6, 6.07) is 3.08. The highest BCUT2D eigenvalue weighted by Gasteiger charge is 2.35. The van der Waals surface area contributed by atoms with Crippen LogP contribution in [0.1, 0.15) is 76.6 Å². The standard InChI is InChI=1S/C39H55N11O6S/c1-25-23-49(16-17-50(25)37(52)56-38(4,5)6)36(51)30-21-41-33(22-40-30)48-14-12-47(13-15-48)11-10-18-55-31-20-29-28(19-32(31)57(53,54)39(7,8)9)35(43-24-42-29)44-34-26(2)27(3)45-46-34/h19-22,24-25H,10-18,23H2,1-9H3,(H2,42,43,44,45,46). The number of nitrogens with one attached hydrogen (secondary N) is 2. The van der Waals surface area contributed by atoms with Crippen LogP contribution in [0.25, 0.3) is 10.9 Å². The van der Waals surface area contributed by atoms with E-state index in [4.69, 9.17) is 9.47 Å². The van der Waals surface area contributed by atoms with Crippen LogP contribution in [0.4, 0.5) is 22.2 Å². The summed E-state index contributed by atoms with van der Waals surface area (Å²) in [4.78, 5) is 51.7. The maximum absolute atomic E-state index is 13.9. The smallest absolute Gasteiger partial charge is 0.410 e. The fourth-order valence-corrected chi connectivity index (χ4v) is 8.01. The second-order valence-corrected chi connectivity index (χ2v) is 19.3. The van der Waals surface area contributed by atoms with Crippen LogP contribution in [0.2, 0.25) is 0 Å². The molecule has 2 aliphatic rings. The monoisotopic (exact) mass is 805 g/mol. The van der Waals surface area contributed by atoms with Gasteiger partial charge < -0.3 is 29.5 Å². The number of carbonyl (C=O) groups is 2. The summed E-state index contributed by atoms with van der Waals surface area (Å²) in [6.07, 6.45) is 4.91. The topological polar surface area (TPSA) is 192 Å². The van der Waals surface area contributed by atoms with Crippen LogP contribution >= 0.6 is 0 Å². The van der Waals surface area contributed by atoms with Gasteiger partial charge in [-0.15, -0.1) is 0 Å². The molecule has 2 saturated heterocycles. The molecule has 3 aromatic heterocycles. The van der Waals surface area contributed by atoms with Gasteiger partial charge in [-0.3, -0.25) is 14.8 Å². The molecule has 1 atom stereocenters. The van der Waals surface area contributed by atoms with E-state index in [1.807, 2.05) is 41.5 Å². The number of amides is 2. The number of hydrogen-bond donors (Lipinski definition) is 2. The lowest BCUT2D eigenvalue weighted by atomic mass is 10.2. The van der Waals surface area contributed by atoms with Gasteiger partial charge in [0.25, 0.3) is 5.91 Å². The highest BCUT2D eigenvalue weighted by molar-refractivity contribution is 7.92. The van der Waals surface area contributed by atoms with E-state index in [-0.39, 0.29) is 34.4 Å². The van der Waals surface area contributed by atoms with Crippen molar-refractivity contribution >= 4 is 50.2 Å². The first-order valence-corrected chi connectivity index (χ1v) is 20.8. The fraction of sp³-hybridized carbons (Fsp3) is 0.564. The molecule has 0 spiro atoms. The fourth-order valence-electron chi connectivity index (χ4n) is 6.70. The maximum atomic E-state index is 13.9. The molecule has 4 aromatic rings. The third-order valence-corrected chi connectivity index (χ3v) is 12.8. The summed E-state index contributed by atoms with van der Waals surface area (Å²) in [5.41, 5.74) is 2.07. The van der Waals surface area contributed by atoms with Gasteiger partial charge in [-0.1, -0.05) is 0 Å². The van der Waals surface area contributed by atoms with Gasteiger partial charge in [-0.2, -0.15) is 5.10 Å². The van der Waals surface area contributed by atoms with Crippen molar-refractivity contribution in [2.45, 2.75) is 90.0 Å².